The highest BCUT2D eigenvalue weighted by molar-refractivity contribution is 7.89. The summed E-state index contributed by atoms with van der Waals surface area (Å²) in [5, 5.41) is 9.28. The van der Waals surface area contributed by atoms with Gasteiger partial charge in [0, 0.05) is 12.5 Å². The van der Waals surface area contributed by atoms with Crippen molar-refractivity contribution in [3.8, 4) is 0 Å². The van der Waals surface area contributed by atoms with Gasteiger partial charge in [-0.15, -0.1) is 0 Å². The van der Waals surface area contributed by atoms with Crippen LogP contribution in [0, 0.1) is 5.92 Å². The molecule has 1 fully saturated rings. The van der Waals surface area contributed by atoms with Crippen LogP contribution in [0.3, 0.4) is 0 Å². The van der Waals surface area contributed by atoms with E-state index in [4.69, 9.17) is 0 Å². The van der Waals surface area contributed by atoms with Crippen molar-refractivity contribution in [1.82, 2.24) is 14.7 Å². The molecule has 0 aliphatic heterocycles. The van der Waals surface area contributed by atoms with Crippen molar-refractivity contribution in [3.05, 3.63) is 12.0 Å². The van der Waals surface area contributed by atoms with Gasteiger partial charge < -0.3 is 10.1 Å². The third-order valence-corrected chi connectivity index (χ3v) is 5.27. The van der Waals surface area contributed by atoms with E-state index < -0.39 is 28.0 Å². The average molecular weight is 315 g/mol. The van der Waals surface area contributed by atoms with Gasteiger partial charge in [-0.25, -0.2) is 18.1 Å². The number of rotatable bonds is 5. The number of hydrogen-bond donors (Lipinski definition) is 3. The molecule has 2 unspecified atom stereocenters. The Bertz CT molecular complexity index is 596. The third-order valence-electron chi connectivity index (χ3n) is 3.87. The van der Waals surface area contributed by atoms with Gasteiger partial charge in [-0.2, -0.15) is 0 Å². The summed E-state index contributed by atoms with van der Waals surface area (Å²) >= 11 is 0. The van der Waals surface area contributed by atoms with Crippen molar-refractivity contribution in [2.75, 3.05) is 0 Å². The summed E-state index contributed by atoms with van der Waals surface area (Å²) < 4.78 is 27.2. The number of aliphatic carboxylic acids is 1. The molecule has 1 heterocycles. The van der Waals surface area contributed by atoms with Crippen molar-refractivity contribution < 1.29 is 18.3 Å². The lowest BCUT2D eigenvalue weighted by Gasteiger charge is -2.22. The number of carboxylic acids is 1. The maximum Gasteiger partial charge on any atom is 0.308 e. The first-order valence-corrected chi connectivity index (χ1v) is 8.71. The van der Waals surface area contributed by atoms with Crippen LogP contribution in [0.4, 0.5) is 0 Å². The lowest BCUT2D eigenvalue weighted by atomic mass is 9.96. The Kier molecular flexibility index (Phi) is 5.00. The van der Waals surface area contributed by atoms with Crippen molar-refractivity contribution in [2.45, 2.75) is 56.5 Å². The molecular formula is C13H21N3O4S. The van der Waals surface area contributed by atoms with Gasteiger partial charge in [0.1, 0.15) is 5.82 Å². The molecule has 0 spiro atoms. The predicted molar refractivity (Wildman–Crippen MR) is 76.3 cm³/mol. The number of sulfonamides is 1. The fraction of sp³-hybridized carbons (Fsp3) is 0.692. The second kappa shape index (κ2) is 6.57. The highest BCUT2D eigenvalue weighted by Crippen LogP contribution is 2.25. The summed E-state index contributed by atoms with van der Waals surface area (Å²) in [4.78, 5) is 18.1. The van der Waals surface area contributed by atoms with E-state index in [1.54, 1.807) is 0 Å². The Balaban J connectivity index is 2.18. The van der Waals surface area contributed by atoms with E-state index in [1.807, 2.05) is 6.92 Å². The zero-order valence-electron chi connectivity index (χ0n) is 12.0. The van der Waals surface area contributed by atoms with Crippen LogP contribution in [0.25, 0.3) is 0 Å². The molecule has 8 heteroatoms. The van der Waals surface area contributed by atoms with E-state index in [0.717, 1.165) is 19.3 Å². The number of imidazole rings is 1. The largest absolute Gasteiger partial charge is 0.481 e. The molecular weight excluding hydrogens is 294 g/mol. The van der Waals surface area contributed by atoms with Crippen LogP contribution >= 0.6 is 0 Å². The number of H-pyrrole nitrogens is 1. The van der Waals surface area contributed by atoms with E-state index in [9.17, 15) is 18.3 Å². The van der Waals surface area contributed by atoms with Gasteiger partial charge in [0.2, 0.25) is 0 Å². The van der Waals surface area contributed by atoms with Crippen molar-refractivity contribution in [3.63, 3.8) is 0 Å². The molecule has 0 aromatic carbocycles. The summed E-state index contributed by atoms with van der Waals surface area (Å²) in [7, 11) is -3.76. The minimum atomic E-state index is -3.76. The van der Waals surface area contributed by atoms with Crippen molar-refractivity contribution in [1.29, 1.82) is 0 Å². The molecule has 2 atom stereocenters. The number of aromatic nitrogens is 2. The molecule has 1 aliphatic rings. The van der Waals surface area contributed by atoms with Gasteiger partial charge in [0.15, 0.2) is 5.03 Å². The number of nitrogens with one attached hydrogen (secondary N) is 2. The van der Waals surface area contributed by atoms with Gasteiger partial charge in [-0.05, 0) is 12.8 Å². The van der Waals surface area contributed by atoms with Crippen LogP contribution in [0.15, 0.2) is 11.2 Å². The number of carbonyl (C=O) groups is 1. The molecule has 1 aliphatic carbocycles. The number of carboxylic acid groups (broad SMARTS) is 1. The Hall–Kier alpha value is -1.41. The topological polar surface area (TPSA) is 112 Å². The van der Waals surface area contributed by atoms with Crippen LogP contribution in [0.2, 0.25) is 0 Å². The highest BCUT2D eigenvalue weighted by atomic mass is 32.2. The van der Waals surface area contributed by atoms with Crippen LogP contribution in [0.1, 0.15) is 44.9 Å². The van der Waals surface area contributed by atoms with Gasteiger partial charge >= 0.3 is 5.97 Å². The SMILES string of the molecule is CCc1ncc(S(=O)(=O)NC2CCCCCC2C(=O)O)[nH]1. The number of aryl methyl sites for hydroxylation is 1. The Labute approximate surface area is 124 Å². The maximum absolute atomic E-state index is 12.3. The fourth-order valence-corrected chi connectivity index (χ4v) is 3.92. The molecule has 0 bridgehead atoms. The minimum Gasteiger partial charge on any atom is -0.481 e. The summed E-state index contributed by atoms with van der Waals surface area (Å²) in [5.41, 5.74) is 0. The number of aromatic amines is 1. The molecule has 2 rings (SSSR count). The van der Waals surface area contributed by atoms with E-state index in [0.29, 0.717) is 25.1 Å². The molecule has 0 amide bonds. The molecule has 0 radical (unpaired) electrons. The summed E-state index contributed by atoms with van der Waals surface area (Å²) in [6.45, 7) is 1.87. The smallest absolute Gasteiger partial charge is 0.308 e. The van der Waals surface area contributed by atoms with Crippen LogP contribution in [-0.4, -0.2) is 35.5 Å². The van der Waals surface area contributed by atoms with E-state index in [2.05, 4.69) is 14.7 Å². The minimum absolute atomic E-state index is 0.00673. The third kappa shape index (κ3) is 3.82. The molecule has 1 saturated carbocycles. The summed E-state index contributed by atoms with van der Waals surface area (Å²) in [6, 6.07) is -0.566. The van der Waals surface area contributed by atoms with Crippen LogP contribution in [0.5, 0.6) is 0 Å². The van der Waals surface area contributed by atoms with Gasteiger partial charge in [-0.3, -0.25) is 4.79 Å². The Morgan fingerprint density at radius 1 is 1.43 bits per heavy atom. The fourth-order valence-electron chi connectivity index (χ4n) is 2.67. The second-order valence-electron chi connectivity index (χ2n) is 5.36. The number of nitrogens with zero attached hydrogens (tertiary/aromatic N) is 1. The highest BCUT2D eigenvalue weighted by Gasteiger charge is 2.33. The molecule has 1 aromatic heterocycles. The lowest BCUT2D eigenvalue weighted by Crippen LogP contribution is -2.42. The zero-order valence-corrected chi connectivity index (χ0v) is 12.8. The van der Waals surface area contributed by atoms with Crippen LogP contribution < -0.4 is 4.72 Å². The molecule has 7 nitrogen and oxygen atoms in total. The first-order valence-electron chi connectivity index (χ1n) is 7.23. The van der Waals surface area contributed by atoms with Crippen LogP contribution in [-0.2, 0) is 21.2 Å². The van der Waals surface area contributed by atoms with Crippen molar-refractivity contribution >= 4 is 16.0 Å². The standard InChI is InChI=1S/C13H21N3O4S/c1-2-11-14-8-12(15-11)21(19,20)16-10-7-5-3-4-6-9(10)13(17)18/h8-10,16H,2-7H2,1H3,(H,14,15)(H,17,18). The van der Waals surface area contributed by atoms with E-state index in [-0.39, 0.29) is 5.03 Å². The quantitative estimate of drug-likeness (QED) is 0.709. The summed E-state index contributed by atoms with van der Waals surface area (Å²) in [5.74, 6) is -1.02. The Morgan fingerprint density at radius 2 is 2.14 bits per heavy atom. The molecule has 118 valence electrons. The zero-order chi connectivity index (χ0) is 15.5. The number of hydrogen-bond acceptors (Lipinski definition) is 4. The first-order chi connectivity index (χ1) is 9.94. The van der Waals surface area contributed by atoms with Crippen molar-refractivity contribution in [2.24, 2.45) is 5.92 Å². The molecule has 3 N–H and O–H groups in total. The summed E-state index contributed by atoms with van der Waals surface area (Å²) in [6.07, 6.45) is 5.52. The van der Waals surface area contributed by atoms with E-state index in [1.165, 1.54) is 6.20 Å². The molecule has 0 saturated heterocycles. The van der Waals surface area contributed by atoms with Gasteiger partial charge in [0.25, 0.3) is 10.0 Å². The van der Waals surface area contributed by atoms with E-state index >= 15 is 0 Å². The predicted octanol–water partition coefficient (Wildman–Crippen LogP) is 1.28. The lowest BCUT2D eigenvalue weighted by molar-refractivity contribution is -0.142. The normalized spacial score (nSPS) is 23.7. The molecule has 21 heavy (non-hydrogen) atoms. The first kappa shape index (κ1) is 16.0. The van der Waals surface area contributed by atoms with Gasteiger partial charge in [0.05, 0.1) is 12.1 Å². The van der Waals surface area contributed by atoms with Gasteiger partial charge in [-0.1, -0.05) is 26.2 Å². The Morgan fingerprint density at radius 3 is 2.76 bits per heavy atom. The monoisotopic (exact) mass is 315 g/mol. The maximum atomic E-state index is 12.3. The second-order valence-corrected chi connectivity index (χ2v) is 7.04. The average Bonchev–Trinajstić information content (AvgIpc) is 2.80. The molecule has 1 aromatic rings.